The molecule has 0 bridgehead atoms. The summed E-state index contributed by atoms with van der Waals surface area (Å²) in [6, 6.07) is 22.6. The summed E-state index contributed by atoms with van der Waals surface area (Å²) in [5, 5.41) is 3.23. The topological polar surface area (TPSA) is 23.6 Å². The van der Waals surface area contributed by atoms with Gasteiger partial charge in [0.2, 0.25) is 5.91 Å². The standard InChI is InChI=1S/C23H23ClN2O/c24-20-8-4-9-21(17-20)25-13-15-26(16-14-25)23(27)12-11-19-7-3-6-18-5-1-2-10-22(18)19/h1-10,17H,11-16H2. The van der Waals surface area contributed by atoms with E-state index in [9.17, 15) is 4.79 Å². The molecular formula is C23H23ClN2O. The quantitative estimate of drug-likeness (QED) is 0.652. The van der Waals surface area contributed by atoms with Crippen LogP contribution in [0.2, 0.25) is 5.02 Å². The molecule has 3 aromatic carbocycles. The van der Waals surface area contributed by atoms with Gasteiger partial charge in [-0.3, -0.25) is 4.79 Å². The summed E-state index contributed by atoms with van der Waals surface area (Å²) >= 11 is 6.09. The zero-order valence-corrected chi connectivity index (χ0v) is 16.0. The first-order valence-electron chi connectivity index (χ1n) is 9.46. The number of aryl methyl sites for hydroxylation is 1. The summed E-state index contributed by atoms with van der Waals surface area (Å²) in [6.07, 6.45) is 1.35. The van der Waals surface area contributed by atoms with Crippen molar-refractivity contribution in [2.45, 2.75) is 12.8 Å². The molecule has 3 aromatic rings. The van der Waals surface area contributed by atoms with Gasteiger partial charge >= 0.3 is 0 Å². The van der Waals surface area contributed by atoms with Crippen molar-refractivity contribution in [3.63, 3.8) is 0 Å². The van der Waals surface area contributed by atoms with E-state index in [2.05, 4.69) is 53.4 Å². The molecule has 0 unspecified atom stereocenters. The fraction of sp³-hybridized carbons (Fsp3) is 0.261. The van der Waals surface area contributed by atoms with Crippen LogP contribution in [0.3, 0.4) is 0 Å². The third-order valence-electron chi connectivity index (χ3n) is 5.29. The van der Waals surface area contributed by atoms with Crippen LogP contribution in [0, 0.1) is 0 Å². The average Bonchev–Trinajstić information content (AvgIpc) is 2.72. The number of anilines is 1. The molecule has 1 aliphatic rings. The van der Waals surface area contributed by atoms with Crippen molar-refractivity contribution in [3.05, 3.63) is 77.3 Å². The maximum absolute atomic E-state index is 12.7. The van der Waals surface area contributed by atoms with Crippen molar-refractivity contribution in [1.29, 1.82) is 0 Å². The second-order valence-electron chi connectivity index (χ2n) is 6.99. The molecule has 0 atom stereocenters. The van der Waals surface area contributed by atoms with Crippen molar-refractivity contribution < 1.29 is 4.79 Å². The predicted molar refractivity (Wildman–Crippen MR) is 113 cm³/mol. The summed E-state index contributed by atoms with van der Waals surface area (Å²) in [7, 11) is 0. The average molecular weight is 379 g/mol. The van der Waals surface area contributed by atoms with Crippen molar-refractivity contribution in [2.75, 3.05) is 31.1 Å². The van der Waals surface area contributed by atoms with E-state index in [0.717, 1.165) is 43.3 Å². The Morgan fingerprint density at radius 1 is 0.889 bits per heavy atom. The Bertz CT molecular complexity index is 943. The summed E-state index contributed by atoms with van der Waals surface area (Å²) in [6.45, 7) is 3.22. The molecule has 138 valence electrons. The van der Waals surface area contributed by atoms with Crippen LogP contribution >= 0.6 is 11.6 Å². The van der Waals surface area contributed by atoms with Gasteiger partial charge < -0.3 is 9.80 Å². The number of fused-ring (bicyclic) bond motifs is 1. The molecule has 0 aliphatic carbocycles. The number of rotatable bonds is 4. The van der Waals surface area contributed by atoms with E-state index in [1.54, 1.807) is 0 Å². The van der Waals surface area contributed by atoms with Crippen LogP contribution in [0.25, 0.3) is 10.8 Å². The molecule has 4 rings (SSSR count). The Balaban J connectivity index is 1.34. The first-order valence-corrected chi connectivity index (χ1v) is 9.83. The summed E-state index contributed by atoms with van der Waals surface area (Å²) in [4.78, 5) is 17.0. The monoisotopic (exact) mass is 378 g/mol. The first-order chi connectivity index (χ1) is 13.2. The zero-order chi connectivity index (χ0) is 18.6. The third-order valence-corrected chi connectivity index (χ3v) is 5.53. The molecule has 0 spiro atoms. The van der Waals surface area contributed by atoms with Gasteiger partial charge in [0.1, 0.15) is 0 Å². The van der Waals surface area contributed by atoms with Crippen LogP contribution in [-0.2, 0) is 11.2 Å². The molecule has 0 radical (unpaired) electrons. The second kappa shape index (κ2) is 8.01. The van der Waals surface area contributed by atoms with Crippen LogP contribution in [0.5, 0.6) is 0 Å². The zero-order valence-electron chi connectivity index (χ0n) is 15.3. The van der Waals surface area contributed by atoms with Gasteiger partial charge in [-0.2, -0.15) is 0 Å². The molecule has 0 saturated carbocycles. The highest BCUT2D eigenvalue weighted by Gasteiger charge is 2.21. The van der Waals surface area contributed by atoms with E-state index in [1.807, 2.05) is 23.1 Å². The minimum absolute atomic E-state index is 0.244. The van der Waals surface area contributed by atoms with Gasteiger partial charge in [-0.15, -0.1) is 0 Å². The second-order valence-corrected chi connectivity index (χ2v) is 7.42. The van der Waals surface area contributed by atoms with E-state index in [4.69, 9.17) is 11.6 Å². The molecule has 1 saturated heterocycles. The van der Waals surface area contributed by atoms with Gasteiger partial charge in [-0.1, -0.05) is 60.1 Å². The van der Waals surface area contributed by atoms with Crippen molar-refractivity contribution in [3.8, 4) is 0 Å². The maximum Gasteiger partial charge on any atom is 0.223 e. The minimum atomic E-state index is 0.244. The molecule has 1 fully saturated rings. The Morgan fingerprint density at radius 3 is 2.44 bits per heavy atom. The van der Waals surface area contributed by atoms with Crippen molar-refractivity contribution in [2.24, 2.45) is 0 Å². The first kappa shape index (κ1) is 17.9. The van der Waals surface area contributed by atoms with Gasteiger partial charge in [0.05, 0.1) is 0 Å². The van der Waals surface area contributed by atoms with Crippen molar-refractivity contribution in [1.82, 2.24) is 4.90 Å². The Kier molecular flexibility index (Phi) is 5.30. The van der Waals surface area contributed by atoms with Gasteiger partial charge in [0.25, 0.3) is 0 Å². The normalized spacial score (nSPS) is 14.6. The number of hydrogen-bond donors (Lipinski definition) is 0. The van der Waals surface area contributed by atoms with Gasteiger partial charge in [0, 0.05) is 43.3 Å². The highest BCUT2D eigenvalue weighted by Crippen LogP contribution is 2.22. The molecule has 27 heavy (non-hydrogen) atoms. The Morgan fingerprint density at radius 2 is 1.63 bits per heavy atom. The lowest BCUT2D eigenvalue weighted by Gasteiger charge is -2.36. The fourth-order valence-electron chi connectivity index (χ4n) is 3.80. The van der Waals surface area contributed by atoms with Crippen LogP contribution in [0.1, 0.15) is 12.0 Å². The molecular weight excluding hydrogens is 356 g/mol. The largest absolute Gasteiger partial charge is 0.368 e. The number of halogens is 1. The SMILES string of the molecule is O=C(CCc1cccc2ccccc12)N1CCN(c2cccc(Cl)c2)CC1. The van der Waals surface area contributed by atoms with Crippen LogP contribution in [-0.4, -0.2) is 37.0 Å². The number of amides is 1. The van der Waals surface area contributed by atoms with Gasteiger partial charge in [-0.25, -0.2) is 0 Å². The van der Waals surface area contributed by atoms with E-state index >= 15 is 0 Å². The molecule has 0 aromatic heterocycles. The molecule has 3 nitrogen and oxygen atoms in total. The smallest absolute Gasteiger partial charge is 0.223 e. The summed E-state index contributed by atoms with van der Waals surface area (Å²) in [5.74, 6) is 0.244. The predicted octanol–water partition coefficient (Wildman–Crippen LogP) is 4.77. The molecule has 4 heteroatoms. The minimum Gasteiger partial charge on any atom is -0.368 e. The molecule has 0 N–H and O–H groups in total. The van der Waals surface area contributed by atoms with Crippen LogP contribution in [0.15, 0.2) is 66.7 Å². The molecule has 1 heterocycles. The lowest BCUT2D eigenvalue weighted by atomic mass is 10.0. The number of nitrogens with zero attached hydrogens (tertiary/aromatic N) is 2. The lowest BCUT2D eigenvalue weighted by molar-refractivity contribution is -0.131. The summed E-state index contributed by atoms with van der Waals surface area (Å²) < 4.78 is 0. The van der Waals surface area contributed by atoms with E-state index in [-0.39, 0.29) is 5.91 Å². The Labute approximate surface area is 165 Å². The van der Waals surface area contributed by atoms with E-state index < -0.39 is 0 Å². The number of carbonyl (C=O) groups excluding carboxylic acids is 1. The number of benzene rings is 3. The molecule has 1 amide bonds. The van der Waals surface area contributed by atoms with Crippen LogP contribution < -0.4 is 4.90 Å². The third kappa shape index (κ3) is 4.09. The maximum atomic E-state index is 12.7. The lowest BCUT2D eigenvalue weighted by Crippen LogP contribution is -2.48. The van der Waals surface area contributed by atoms with Crippen LogP contribution in [0.4, 0.5) is 5.69 Å². The number of piperazine rings is 1. The van der Waals surface area contributed by atoms with Gasteiger partial charge in [-0.05, 0) is 41.0 Å². The highest BCUT2D eigenvalue weighted by molar-refractivity contribution is 6.30. The van der Waals surface area contributed by atoms with Crippen molar-refractivity contribution >= 4 is 34.0 Å². The Hall–Kier alpha value is -2.52. The van der Waals surface area contributed by atoms with E-state index in [0.29, 0.717) is 6.42 Å². The summed E-state index contributed by atoms with van der Waals surface area (Å²) in [5.41, 5.74) is 2.38. The fourth-order valence-corrected chi connectivity index (χ4v) is 3.98. The number of hydrogen-bond acceptors (Lipinski definition) is 2. The molecule has 1 aliphatic heterocycles. The van der Waals surface area contributed by atoms with Gasteiger partial charge in [0.15, 0.2) is 0 Å². The number of carbonyl (C=O) groups is 1. The van der Waals surface area contributed by atoms with E-state index in [1.165, 1.54) is 16.3 Å². The highest BCUT2D eigenvalue weighted by atomic mass is 35.5.